The summed E-state index contributed by atoms with van der Waals surface area (Å²) in [4.78, 5) is 7.53. The second-order valence-corrected chi connectivity index (χ2v) is 5.79. The molecule has 0 amide bonds. The predicted octanol–water partition coefficient (Wildman–Crippen LogP) is 1.41. The van der Waals surface area contributed by atoms with Gasteiger partial charge in [-0.3, -0.25) is 9.89 Å². The van der Waals surface area contributed by atoms with Crippen molar-refractivity contribution in [2.75, 3.05) is 60.5 Å². The highest BCUT2D eigenvalue weighted by Crippen LogP contribution is 2.15. The first-order valence-corrected chi connectivity index (χ1v) is 7.56. The molecular weight excluding hydrogens is 297 g/mol. The molecular formula is C14H27F3N4O. The van der Waals surface area contributed by atoms with E-state index < -0.39 is 12.7 Å². The molecule has 1 N–H and O–H groups in total. The minimum atomic E-state index is -4.14. The Morgan fingerprint density at radius 2 is 2.09 bits per heavy atom. The normalized spacial score (nSPS) is 19.8. The molecule has 1 rings (SSSR count). The molecule has 1 fully saturated rings. The van der Waals surface area contributed by atoms with Crippen molar-refractivity contribution in [2.24, 2.45) is 10.9 Å². The van der Waals surface area contributed by atoms with E-state index in [1.165, 1.54) is 11.9 Å². The lowest BCUT2D eigenvalue weighted by molar-refractivity contribution is -0.143. The van der Waals surface area contributed by atoms with E-state index in [-0.39, 0.29) is 0 Å². The molecule has 0 aromatic heterocycles. The average molecular weight is 324 g/mol. The van der Waals surface area contributed by atoms with Crippen LogP contribution in [0.3, 0.4) is 0 Å². The number of ether oxygens (including phenoxy) is 1. The van der Waals surface area contributed by atoms with E-state index in [0.717, 1.165) is 32.1 Å². The summed E-state index contributed by atoms with van der Waals surface area (Å²) in [5, 5.41) is 3.19. The van der Waals surface area contributed by atoms with Gasteiger partial charge in [-0.05, 0) is 26.4 Å². The third kappa shape index (κ3) is 7.84. The smallest absolute Gasteiger partial charge is 0.381 e. The van der Waals surface area contributed by atoms with Crippen LogP contribution in [-0.2, 0) is 4.74 Å². The first-order valence-electron chi connectivity index (χ1n) is 7.56. The van der Waals surface area contributed by atoms with E-state index in [0.29, 0.717) is 25.4 Å². The van der Waals surface area contributed by atoms with Gasteiger partial charge in [-0.1, -0.05) is 0 Å². The molecule has 1 atom stereocenters. The van der Waals surface area contributed by atoms with Gasteiger partial charge in [0.2, 0.25) is 0 Å². The van der Waals surface area contributed by atoms with Crippen molar-refractivity contribution in [3.63, 3.8) is 0 Å². The standard InChI is InChI=1S/C14H27F3N4O/c1-18-13(21(3)9-12-5-8-22-10-12)19-6-4-7-20(2)11-14(15,16)17/h12H,4-11H2,1-3H3,(H,18,19). The number of nitrogens with one attached hydrogen (secondary N) is 1. The fourth-order valence-electron chi connectivity index (χ4n) is 2.52. The molecule has 1 aliphatic heterocycles. The lowest BCUT2D eigenvalue weighted by atomic mass is 10.1. The zero-order chi connectivity index (χ0) is 16.6. The Labute approximate surface area is 130 Å². The Morgan fingerprint density at radius 3 is 2.64 bits per heavy atom. The number of hydrogen-bond acceptors (Lipinski definition) is 3. The number of halogens is 3. The zero-order valence-corrected chi connectivity index (χ0v) is 13.6. The summed E-state index contributed by atoms with van der Waals surface area (Å²) < 4.78 is 42.0. The molecule has 0 bridgehead atoms. The molecule has 1 saturated heterocycles. The Balaban J connectivity index is 2.20. The molecule has 5 nitrogen and oxygen atoms in total. The molecule has 0 saturated carbocycles. The van der Waals surface area contributed by atoms with E-state index in [1.54, 1.807) is 7.05 Å². The third-order valence-electron chi connectivity index (χ3n) is 3.58. The number of hydrogen-bond donors (Lipinski definition) is 1. The first kappa shape index (κ1) is 19.0. The minimum Gasteiger partial charge on any atom is -0.381 e. The van der Waals surface area contributed by atoms with E-state index in [2.05, 4.69) is 10.3 Å². The number of aliphatic imine (C=N–C) groups is 1. The summed E-state index contributed by atoms with van der Waals surface area (Å²) in [6.07, 6.45) is -2.45. The van der Waals surface area contributed by atoms with E-state index >= 15 is 0 Å². The second-order valence-electron chi connectivity index (χ2n) is 5.79. The molecule has 0 aliphatic carbocycles. The number of nitrogens with zero attached hydrogens (tertiary/aromatic N) is 3. The summed E-state index contributed by atoms with van der Waals surface area (Å²) in [6.45, 7) is 2.58. The molecule has 130 valence electrons. The number of rotatable bonds is 7. The van der Waals surface area contributed by atoms with Crippen molar-refractivity contribution in [3.8, 4) is 0 Å². The van der Waals surface area contributed by atoms with Gasteiger partial charge in [-0.25, -0.2) is 0 Å². The van der Waals surface area contributed by atoms with Crippen LogP contribution in [0.4, 0.5) is 13.2 Å². The van der Waals surface area contributed by atoms with Crippen LogP contribution in [0.25, 0.3) is 0 Å². The lowest BCUT2D eigenvalue weighted by Crippen LogP contribution is -2.42. The number of alkyl halides is 3. The molecule has 0 aromatic rings. The van der Waals surface area contributed by atoms with Crippen molar-refractivity contribution in [3.05, 3.63) is 0 Å². The summed E-state index contributed by atoms with van der Waals surface area (Å²) in [5.41, 5.74) is 0. The maximum absolute atomic E-state index is 12.2. The minimum absolute atomic E-state index is 0.393. The van der Waals surface area contributed by atoms with Crippen molar-refractivity contribution >= 4 is 5.96 Å². The average Bonchev–Trinajstić information content (AvgIpc) is 2.89. The molecule has 0 radical (unpaired) electrons. The monoisotopic (exact) mass is 324 g/mol. The van der Waals surface area contributed by atoms with Crippen molar-refractivity contribution < 1.29 is 17.9 Å². The molecule has 1 unspecified atom stereocenters. The van der Waals surface area contributed by atoms with E-state index in [1.807, 2.05) is 11.9 Å². The van der Waals surface area contributed by atoms with Crippen LogP contribution >= 0.6 is 0 Å². The van der Waals surface area contributed by atoms with Gasteiger partial charge in [-0.2, -0.15) is 13.2 Å². The van der Waals surface area contributed by atoms with Gasteiger partial charge in [0.05, 0.1) is 13.2 Å². The van der Waals surface area contributed by atoms with Crippen LogP contribution in [0.15, 0.2) is 4.99 Å². The summed E-state index contributed by atoms with van der Waals surface area (Å²) >= 11 is 0. The van der Waals surface area contributed by atoms with Crippen molar-refractivity contribution in [1.82, 2.24) is 15.1 Å². The van der Waals surface area contributed by atoms with Crippen LogP contribution in [0.1, 0.15) is 12.8 Å². The van der Waals surface area contributed by atoms with Gasteiger partial charge < -0.3 is 15.0 Å². The fourth-order valence-corrected chi connectivity index (χ4v) is 2.52. The van der Waals surface area contributed by atoms with Crippen LogP contribution in [-0.4, -0.2) is 82.5 Å². The van der Waals surface area contributed by atoms with Gasteiger partial charge in [0.1, 0.15) is 0 Å². The maximum atomic E-state index is 12.2. The maximum Gasteiger partial charge on any atom is 0.401 e. The molecule has 1 aliphatic rings. The highest BCUT2D eigenvalue weighted by atomic mass is 19.4. The Hall–Kier alpha value is -1.02. The lowest BCUT2D eigenvalue weighted by Gasteiger charge is -2.25. The van der Waals surface area contributed by atoms with Crippen LogP contribution in [0.5, 0.6) is 0 Å². The first-order chi connectivity index (χ1) is 10.3. The van der Waals surface area contributed by atoms with Gasteiger partial charge in [0, 0.05) is 39.7 Å². The van der Waals surface area contributed by atoms with Gasteiger partial charge in [0.25, 0.3) is 0 Å². The predicted molar refractivity (Wildman–Crippen MR) is 81.1 cm³/mol. The van der Waals surface area contributed by atoms with Crippen LogP contribution in [0.2, 0.25) is 0 Å². The quantitative estimate of drug-likeness (QED) is 0.437. The van der Waals surface area contributed by atoms with Crippen molar-refractivity contribution in [1.29, 1.82) is 0 Å². The fraction of sp³-hybridized carbons (Fsp3) is 0.929. The SMILES string of the molecule is CN=C(NCCCN(C)CC(F)(F)F)N(C)CC1CCOC1. The largest absolute Gasteiger partial charge is 0.401 e. The number of guanidine groups is 1. The molecule has 0 spiro atoms. The Kier molecular flexibility index (Phi) is 7.95. The Morgan fingerprint density at radius 1 is 1.36 bits per heavy atom. The highest BCUT2D eigenvalue weighted by molar-refractivity contribution is 5.79. The highest BCUT2D eigenvalue weighted by Gasteiger charge is 2.28. The Bertz CT molecular complexity index is 343. The molecule has 1 heterocycles. The van der Waals surface area contributed by atoms with E-state index in [4.69, 9.17) is 4.74 Å². The zero-order valence-electron chi connectivity index (χ0n) is 13.6. The molecule has 22 heavy (non-hydrogen) atoms. The van der Waals surface area contributed by atoms with Gasteiger partial charge in [0.15, 0.2) is 5.96 Å². The second kappa shape index (κ2) is 9.19. The van der Waals surface area contributed by atoms with Crippen molar-refractivity contribution in [2.45, 2.75) is 19.0 Å². The van der Waals surface area contributed by atoms with Crippen LogP contribution < -0.4 is 5.32 Å². The molecule has 8 heteroatoms. The topological polar surface area (TPSA) is 40.1 Å². The summed E-state index contributed by atoms with van der Waals surface area (Å²) in [5.74, 6) is 1.28. The summed E-state index contributed by atoms with van der Waals surface area (Å²) in [6, 6.07) is 0. The van der Waals surface area contributed by atoms with Crippen LogP contribution in [0, 0.1) is 5.92 Å². The van der Waals surface area contributed by atoms with E-state index in [9.17, 15) is 13.2 Å². The molecule has 0 aromatic carbocycles. The van der Waals surface area contributed by atoms with Gasteiger partial charge >= 0.3 is 6.18 Å². The third-order valence-corrected chi connectivity index (χ3v) is 3.58. The summed E-state index contributed by atoms with van der Waals surface area (Å²) in [7, 11) is 5.15. The van der Waals surface area contributed by atoms with Gasteiger partial charge in [-0.15, -0.1) is 0 Å².